The molecule has 0 saturated heterocycles. The monoisotopic (exact) mass is 875 g/mol. The van der Waals surface area contributed by atoms with Gasteiger partial charge in [0.15, 0.2) is 0 Å². The minimum atomic E-state index is 0. The van der Waals surface area contributed by atoms with Gasteiger partial charge in [-0.1, -0.05) is 207 Å². The topological polar surface area (TPSA) is 24.7 Å². The molecule has 0 radical (unpaired) electrons. The molecule has 2 rings (SSSR count). The molecule has 0 aliphatic heterocycles. The summed E-state index contributed by atoms with van der Waals surface area (Å²) >= 11 is 0. The zero-order valence-electron chi connectivity index (χ0n) is 38.5. The molecule has 0 N–H and O–H groups in total. The van der Waals surface area contributed by atoms with E-state index in [4.69, 9.17) is 9.98 Å². The molecule has 328 valence electrons. The Labute approximate surface area is 369 Å². The predicted molar refractivity (Wildman–Crippen MR) is 254 cm³/mol. The summed E-state index contributed by atoms with van der Waals surface area (Å²) in [6.45, 7) is 11.5. The van der Waals surface area contributed by atoms with Crippen LogP contribution in [0.2, 0.25) is 0 Å². The second kappa shape index (κ2) is 38.6. The fraction of sp³-hybridized carbons (Fsp3) is 0.741. The van der Waals surface area contributed by atoms with Crippen LogP contribution in [-0.2, 0) is 46.1 Å². The van der Waals surface area contributed by atoms with Gasteiger partial charge in [-0.2, -0.15) is 0 Å². The number of benzene rings is 2. The molecule has 2 aromatic carbocycles. The van der Waals surface area contributed by atoms with Crippen LogP contribution in [0, 0.1) is 0 Å². The normalized spacial score (nSPS) is 11.8. The van der Waals surface area contributed by atoms with E-state index in [2.05, 4.69) is 77.2 Å². The van der Waals surface area contributed by atoms with E-state index in [1.54, 1.807) is 0 Å². The average molecular weight is 876 g/mol. The molecule has 0 fully saturated rings. The molecule has 0 heterocycles. The summed E-state index contributed by atoms with van der Waals surface area (Å²) < 4.78 is 0. The molecule has 2 aromatic rings. The van der Waals surface area contributed by atoms with Gasteiger partial charge in [-0.25, -0.2) is 0 Å². The van der Waals surface area contributed by atoms with E-state index in [9.17, 15) is 0 Å². The van der Waals surface area contributed by atoms with Gasteiger partial charge < -0.3 is 0 Å². The maximum absolute atomic E-state index is 5.35. The van der Waals surface area contributed by atoms with Crippen LogP contribution >= 0.6 is 0 Å². The minimum Gasteiger partial charge on any atom is -0.255 e. The molecule has 0 amide bonds. The molecular formula is C54H92N2Pd. The van der Waals surface area contributed by atoms with Gasteiger partial charge in [-0.15, -0.1) is 0 Å². The van der Waals surface area contributed by atoms with Crippen molar-refractivity contribution in [1.29, 1.82) is 0 Å². The number of hydrogen-bond acceptors (Lipinski definition) is 2. The predicted octanol–water partition coefficient (Wildman–Crippen LogP) is 18.5. The van der Waals surface area contributed by atoms with E-state index < -0.39 is 0 Å². The minimum absolute atomic E-state index is 0. The summed E-state index contributed by atoms with van der Waals surface area (Å²) in [5.41, 5.74) is 9.15. The van der Waals surface area contributed by atoms with Crippen molar-refractivity contribution in [3.05, 3.63) is 58.7 Å². The molecule has 0 bridgehead atoms. The van der Waals surface area contributed by atoms with Crippen LogP contribution in [0.3, 0.4) is 0 Å². The summed E-state index contributed by atoms with van der Waals surface area (Å²) in [7, 11) is 0. The quantitative estimate of drug-likeness (QED) is 0.0365. The zero-order chi connectivity index (χ0) is 40.2. The Morgan fingerprint density at radius 2 is 0.632 bits per heavy atom. The van der Waals surface area contributed by atoms with Gasteiger partial charge in [0.2, 0.25) is 0 Å². The van der Waals surface area contributed by atoms with Crippen LogP contribution < -0.4 is 0 Å². The maximum Gasteiger partial charge on any atom is 0.0639 e. The third kappa shape index (κ3) is 29.3. The standard InChI is InChI=1S/C54H92N2.Pd/c1-6-11-16-17-18-19-20-21-22-23-24-25-26-27-28-29-30-31-32-33-34-35-40-52(56-54-45-50(38-14-9-4)42-51(46-54)39-15-10-5)47-55-53-43-48(36-12-7-2)41-49(44-53)37-13-8-3;/h41-47H,6-40H2,1-5H3;/b55-47+,56-52+;. The Morgan fingerprint density at radius 3 is 0.947 bits per heavy atom. The first-order valence-corrected chi connectivity index (χ1v) is 25.0. The SMILES string of the molecule is CCCCCCCCCCCCCCCCCCCCCCCCC(/C=N/c1cc(CCCC)cc(CCCC)c1)=N\c1cc(CCCC)cc(CCCC)c1.[Pd]. The summed E-state index contributed by atoms with van der Waals surface area (Å²) in [5, 5.41) is 0. The molecule has 0 atom stereocenters. The van der Waals surface area contributed by atoms with Gasteiger partial charge in [0.1, 0.15) is 0 Å². The molecule has 0 aromatic heterocycles. The Hall–Kier alpha value is -1.56. The number of rotatable bonds is 38. The van der Waals surface area contributed by atoms with Crippen LogP contribution in [0.15, 0.2) is 46.4 Å². The van der Waals surface area contributed by atoms with Crippen molar-refractivity contribution < 1.29 is 20.4 Å². The van der Waals surface area contributed by atoms with Crippen molar-refractivity contribution in [1.82, 2.24) is 0 Å². The smallest absolute Gasteiger partial charge is 0.0639 e. The Morgan fingerprint density at radius 1 is 0.351 bits per heavy atom. The fourth-order valence-electron chi connectivity index (χ4n) is 8.11. The van der Waals surface area contributed by atoms with E-state index in [0.717, 1.165) is 49.2 Å². The van der Waals surface area contributed by atoms with Gasteiger partial charge >= 0.3 is 0 Å². The number of nitrogens with zero attached hydrogens (tertiary/aromatic N) is 2. The van der Waals surface area contributed by atoms with Gasteiger partial charge in [0, 0.05) is 26.6 Å². The molecule has 57 heavy (non-hydrogen) atoms. The van der Waals surface area contributed by atoms with Crippen LogP contribution in [-0.4, -0.2) is 11.9 Å². The number of aliphatic imine (C=N–C) groups is 2. The molecule has 0 aliphatic carbocycles. The molecule has 0 unspecified atom stereocenters. The largest absolute Gasteiger partial charge is 0.255 e. The molecular weight excluding hydrogens is 783 g/mol. The van der Waals surface area contributed by atoms with Gasteiger partial charge in [0.05, 0.1) is 17.1 Å². The van der Waals surface area contributed by atoms with E-state index in [-0.39, 0.29) is 20.4 Å². The van der Waals surface area contributed by atoms with E-state index >= 15 is 0 Å². The first kappa shape index (κ1) is 53.5. The third-order valence-corrected chi connectivity index (χ3v) is 11.8. The number of hydrogen-bond donors (Lipinski definition) is 0. The molecule has 0 spiro atoms. The van der Waals surface area contributed by atoms with Gasteiger partial charge in [0.25, 0.3) is 0 Å². The van der Waals surface area contributed by atoms with Crippen LogP contribution in [0.25, 0.3) is 0 Å². The van der Waals surface area contributed by atoms with Crippen molar-refractivity contribution in [2.24, 2.45) is 9.98 Å². The van der Waals surface area contributed by atoms with Crippen LogP contribution in [0.5, 0.6) is 0 Å². The van der Waals surface area contributed by atoms with Crippen molar-refractivity contribution in [2.45, 2.75) is 259 Å². The van der Waals surface area contributed by atoms with Gasteiger partial charge in [-0.05, 0) is 111 Å². The Bertz CT molecular complexity index is 1210. The van der Waals surface area contributed by atoms with Crippen LogP contribution in [0.1, 0.15) is 256 Å². The van der Waals surface area contributed by atoms with Crippen molar-refractivity contribution in [3.63, 3.8) is 0 Å². The van der Waals surface area contributed by atoms with E-state index in [1.807, 2.05) is 0 Å². The zero-order valence-corrected chi connectivity index (χ0v) is 40.1. The fourth-order valence-corrected chi connectivity index (χ4v) is 8.11. The summed E-state index contributed by atoms with van der Waals surface area (Å²) in [6.07, 6.45) is 48.8. The summed E-state index contributed by atoms with van der Waals surface area (Å²) in [6, 6.07) is 14.2. The first-order valence-electron chi connectivity index (χ1n) is 25.0. The third-order valence-electron chi connectivity index (χ3n) is 11.8. The number of unbranched alkanes of at least 4 members (excludes halogenated alkanes) is 25. The maximum atomic E-state index is 5.35. The van der Waals surface area contributed by atoms with E-state index in [1.165, 1.54) is 215 Å². The van der Waals surface area contributed by atoms with Gasteiger partial charge in [-0.3, -0.25) is 9.98 Å². The van der Waals surface area contributed by atoms with E-state index in [0.29, 0.717) is 0 Å². The summed E-state index contributed by atoms with van der Waals surface area (Å²) in [5.74, 6) is 0. The Balaban J connectivity index is 0.0000162. The number of aryl methyl sites for hydroxylation is 4. The molecule has 0 aliphatic rings. The second-order valence-corrected chi connectivity index (χ2v) is 17.5. The Kier molecular flexibility index (Phi) is 36.2. The second-order valence-electron chi connectivity index (χ2n) is 17.5. The average Bonchev–Trinajstić information content (AvgIpc) is 3.21. The molecule has 3 heteroatoms. The summed E-state index contributed by atoms with van der Waals surface area (Å²) in [4.78, 5) is 10.5. The van der Waals surface area contributed by atoms with Crippen molar-refractivity contribution in [3.8, 4) is 0 Å². The molecule has 0 saturated carbocycles. The molecule has 2 nitrogen and oxygen atoms in total. The van der Waals surface area contributed by atoms with Crippen LogP contribution in [0.4, 0.5) is 11.4 Å². The van der Waals surface area contributed by atoms with Crippen molar-refractivity contribution >= 4 is 23.3 Å². The van der Waals surface area contributed by atoms with Crippen molar-refractivity contribution in [2.75, 3.05) is 0 Å². The first-order chi connectivity index (χ1) is 27.6.